The van der Waals surface area contributed by atoms with Crippen molar-refractivity contribution < 1.29 is 9.32 Å². The van der Waals surface area contributed by atoms with Gasteiger partial charge in [0.1, 0.15) is 5.76 Å². The Morgan fingerprint density at radius 2 is 1.87 bits per heavy atom. The average molecular weight is 374 g/mol. The molecular formula is C15H12BrN5O2. The molecule has 2 N–H and O–H groups in total. The molecule has 23 heavy (non-hydrogen) atoms. The van der Waals surface area contributed by atoms with Gasteiger partial charge in [-0.05, 0) is 43.3 Å². The van der Waals surface area contributed by atoms with Crippen molar-refractivity contribution in [2.45, 2.75) is 6.92 Å². The minimum Gasteiger partial charge on any atom is -0.360 e. The number of nitrogens with one attached hydrogen (secondary N) is 2. The first-order valence-corrected chi connectivity index (χ1v) is 7.50. The number of hydrogen-bond donors (Lipinski definition) is 2. The van der Waals surface area contributed by atoms with Crippen molar-refractivity contribution in [3.8, 4) is 0 Å². The summed E-state index contributed by atoms with van der Waals surface area (Å²) >= 11 is 3.37. The fourth-order valence-corrected chi connectivity index (χ4v) is 2.07. The van der Waals surface area contributed by atoms with Crippen LogP contribution >= 0.6 is 15.9 Å². The summed E-state index contributed by atoms with van der Waals surface area (Å²) in [6.07, 6.45) is 0. The normalized spacial score (nSPS) is 10.3. The second-order valence-corrected chi connectivity index (χ2v) is 5.63. The molecule has 2 aromatic heterocycles. The van der Waals surface area contributed by atoms with Crippen LogP contribution in [0.4, 0.5) is 17.3 Å². The molecule has 0 bridgehead atoms. The van der Waals surface area contributed by atoms with Crippen molar-refractivity contribution in [2.75, 3.05) is 10.6 Å². The smallest absolute Gasteiger partial charge is 0.277 e. The third kappa shape index (κ3) is 3.92. The summed E-state index contributed by atoms with van der Waals surface area (Å²) in [6, 6.07) is 12.5. The van der Waals surface area contributed by atoms with E-state index in [-0.39, 0.29) is 5.69 Å². The van der Waals surface area contributed by atoms with Gasteiger partial charge in [0.25, 0.3) is 5.91 Å². The van der Waals surface area contributed by atoms with E-state index in [2.05, 4.69) is 41.9 Å². The van der Waals surface area contributed by atoms with Crippen molar-refractivity contribution in [1.82, 2.24) is 15.4 Å². The molecule has 1 amide bonds. The Hall–Kier alpha value is -2.74. The zero-order valence-electron chi connectivity index (χ0n) is 12.1. The number of halogens is 1. The number of carbonyl (C=O) groups excluding carboxylic acids is 1. The van der Waals surface area contributed by atoms with Crippen molar-refractivity contribution >= 4 is 39.2 Å². The molecule has 0 aliphatic carbocycles. The minimum atomic E-state index is -0.402. The third-order valence-electron chi connectivity index (χ3n) is 2.88. The van der Waals surface area contributed by atoms with E-state index in [1.54, 1.807) is 25.1 Å². The number of aromatic nitrogens is 3. The van der Waals surface area contributed by atoms with E-state index >= 15 is 0 Å². The Morgan fingerprint density at radius 3 is 2.48 bits per heavy atom. The second-order valence-electron chi connectivity index (χ2n) is 4.71. The van der Waals surface area contributed by atoms with E-state index in [9.17, 15) is 4.79 Å². The van der Waals surface area contributed by atoms with Gasteiger partial charge in [0, 0.05) is 16.2 Å². The lowest BCUT2D eigenvalue weighted by molar-refractivity contribution is 0.102. The summed E-state index contributed by atoms with van der Waals surface area (Å²) in [4.78, 5) is 12.0. The summed E-state index contributed by atoms with van der Waals surface area (Å²) in [5.41, 5.74) is 1.06. The highest BCUT2D eigenvalue weighted by molar-refractivity contribution is 9.10. The van der Waals surface area contributed by atoms with Crippen LogP contribution in [-0.2, 0) is 0 Å². The molecule has 0 spiro atoms. The molecule has 0 fully saturated rings. The monoisotopic (exact) mass is 373 g/mol. The number of rotatable bonds is 4. The van der Waals surface area contributed by atoms with E-state index in [0.29, 0.717) is 17.4 Å². The molecule has 7 nitrogen and oxygen atoms in total. The number of nitrogens with zero attached hydrogens (tertiary/aromatic N) is 3. The highest BCUT2D eigenvalue weighted by Crippen LogP contribution is 2.17. The van der Waals surface area contributed by atoms with E-state index < -0.39 is 5.91 Å². The van der Waals surface area contributed by atoms with Gasteiger partial charge in [-0.3, -0.25) is 4.79 Å². The molecule has 0 aliphatic rings. The molecule has 0 saturated carbocycles. The second kappa shape index (κ2) is 6.57. The van der Waals surface area contributed by atoms with E-state index in [1.807, 2.05) is 24.3 Å². The SMILES string of the molecule is Cc1cc(NC(=O)c2ccc(Nc3ccc(Br)cc3)nn2)no1. The van der Waals surface area contributed by atoms with Gasteiger partial charge in [-0.25, -0.2) is 0 Å². The fourth-order valence-electron chi connectivity index (χ4n) is 1.81. The summed E-state index contributed by atoms with van der Waals surface area (Å²) in [7, 11) is 0. The van der Waals surface area contributed by atoms with Gasteiger partial charge in [-0.1, -0.05) is 21.1 Å². The van der Waals surface area contributed by atoms with Crippen LogP contribution in [0.5, 0.6) is 0 Å². The Kier molecular flexibility index (Phi) is 4.33. The van der Waals surface area contributed by atoms with Gasteiger partial charge >= 0.3 is 0 Å². The molecule has 0 unspecified atom stereocenters. The average Bonchev–Trinajstić information content (AvgIpc) is 2.95. The summed E-state index contributed by atoms with van der Waals surface area (Å²) in [6.45, 7) is 1.74. The topological polar surface area (TPSA) is 92.9 Å². The molecule has 0 radical (unpaired) electrons. The van der Waals surface area contributed by atoms with Gasteiger partial charge < -0.3 is 15.2 Å². The molecule has 3 aromatic rings. The lowest BCUT2D eigenvalue weighted by Crippen LogP contribution is -2.14. The first kappa shape index (κ1) is 15.2. The largest absolute Gasteiger partial charge is 0.360 e. The molecule has 1 aromatic carbocycles. The first-order valence-electron chi connectivity index (χ1n) is 6.71. The van der Waals surface area contributed by atoms with Crippen LogP contribution in [-0.4, -0.2) is 21.3 Å². The van der Waals surface area contributed by atoms with Crippen molar-refractivity contribution in [2.24, 2.45) is 0 Å². The number of benzene rings is 1. The van der Waals surface area contributed by atoms with Crippen LogP contribution in [0.2, 0.25) is 0 Å². The maximum Gasteiger partial charge on any atom is 0.277 e. The Bertz CT molecular complexity index is 815. The van der Waals surface area contributed by atoms with Crippen LogP contribution in [0.25, 0.3) is 0 Å². The highest BCUT2D eigenvalue weighted by atomic mass is 79.9. The van der Waals surface area contributed by atoms with Crippen LogP contribution in [0.1, 0.15) is 16.2 Å². The predicted octanol–water partition coefficient (Wildman–Crippen LogP) is 3.53. The maximum absolute atomic E-state index is 12.0. The Balaban J connectivity index is 1.66. The zero-order valence-corrected chi connectivity index (χ0v) is 13.7. The lowest BCUT2D eigenvalue weighted by Gasteiger charge is -2.05. The molecule has 2 heterocycles. The number of carbonyl (C=O) groups is 1. The maximum atomic E-state index is 12.0. The van der Waals surface area contributed by atoms with E-state index in [0.717, 1.165) is 10.2 Å². The van der Waals surface area contributed by atoms with Gasteiger partial charge in [0.05, 0.1) is 0 Å². The van der Waals surface area contributed by atoms with Gasteiger partial charge in [-0.2, -0.15) is 0 Å². The van der Waals surface area contributed by atoms with Crippen molar-refractivity contribution in [3.63, 3.8) is 0 Å². The van der Waals surface area contributed by atoms with Gasteiger partial charge in [0.15, 0.2) is 17.3 Å². The molecule has 0 aliphatic heterocycles. The fraction of sp³-hybridized carbons (Fsp3) is 0.0667. The Morgan fingerprint density at radius 1 is 1.09 bits per heavy atom. The molecular weight excluding hydrogens is 362 g/mol. The van der Waals surface area contributed by atoms with Gasteiger partial charge in [0.2, 0.25) is 0 Å². The summed E-state index contributed by atoms with van der Waals surface area (Å²) < 4.78 is 5.87. The molecule has 0 saturated heterocycles. The number of hydrogen-bond acceptors (Lipinski definition) is 6. The molecule has 3 rings (SSSR count). The number of aryl methyl sites for hydroxylation is 1. The number of anilines is 3. The van der Waals surface area contributed by atoms with Crippen LogP contribution in [0, 0.1) is 6.92 Å². The van der Waals surface area contributed by atoms with E-state index in [4.69, 9.17) is 4.52 Å². The third-order valence-corrected chi connectivity index (χ3v) is 3.41. The first-order chi connectivity index (χ1) is 11.1. The van der Waals surface area contributed by atoms with E-state index in [1.165, 1.54) is 0 Å². The molecule has 116 valence electrons. The van der Waals surface area contributed by atoms with Crippen LogP contribution in [0.15, 0.2) is 51.5 Å². The Labute approximate surface area is 140 Å². The number of amides is 1. The van der Waals surface area contributed by atoms with Crippen LogP contribution < -0.4 is 10.6 Å². The summed E-state index contributed by atoms with van der Waals surface area (Å²) in [5, 5.41) is 17.3. The lowest BCUT2D eigenvalue weighted by atomic mass is 10.3. The van der Waals surface area contributed by atoms with Crippen LogP contribution in [0.3, 0.4) is 0 Å². The quantitative estimate of drug-likeness (QED) is 0.726. The van der Waals surface area contributed by atoms with Gasteiger partial charge in [-0.15, -0.1) is 10.2 Å². The van der Waals surface area contributed by atoms with Crippen molar-refractivity contribution in [1.29, 1.82) is 0 Å². The minimum absolute atomic E-state index is 0.187. The van der Waals surface area contributed by atoms with Crippen molar-refractivity contribution in [3.05, 3.63) is 58.4 Å². The zero-order chi connectivity index (χ0) is 16.2. The molecule has 8 heteroatoms. The predicted molar refractivity (Wildman–Crippen MR) is 88.6 cm³/mol. The molecule has 0 atom stereocenters. The highest BCUT2D eigenvalue weighted by Gasteiger charge is 2.11. The summed E-state index contributed by atoms with van der Waals surface area (Å²) in [5.74, 6) is 1.09. The standard InChI is InChI=1S/C15H12BrN5O2/c1-9-8-14(21-23-9)18-15(22)12-6-7-13(20-19-12)17-11-4-2-10(16)3-5-11/h2-8H,1H3,(H,17,20)(H,18,21,22).